The van der Waals surface area contributed by atoms with Crippen LogP contribution in [0.2, 0.25) is 10.0 Å². The molecule has 0 aliphatic carbocycles. The molecule has 0 bridgehead atoms. The number of amides is 1. The Hall–Kier alpha value is -1.91. The van der Waals surface area contributed by atoms with E-state index in [0.717, 1.165) is 5.56 Å². The zero-order chi connectivity index (χ0) is 15.4. The van der Waals surface area contributed by atoms with Crippen molar-refractivity contribution >= 4 is 40.5 Å². The van der Waals surface area contributed by atoms with Crippen LogP contribution in [0.1, 0.15) is 5.56 Å². The Morgan fingerprint density at radius 2 is 1.90 bits per heavy atom. The van der Waals surface area contributed by atoms with E-state index in [-0.39, 0.29) is 22.6 Å². The molecule has 0 aromatic heterocycles. The Morgan fingerprint density at radius 1 is 1.24 bits per heavy atom. The molecule has 0 heterocycles. The average Bonchev–Trinajstić information content (AvgIpc) is 2.40. The molecule has 1 amide bonds. The van der Waals surface area contributed by atoms with Crippen molar-refractivity contribution in [1.82, 2.24) is 0 Å². The molecule has 2 aromatic rings. The quantitative estimate of drug-likeness (QED) is 0.838. The second kappa shape index (κ2) is 6.70. The van der Waals surface area contributed by atoms with E-state index < -0.39 is 0 Å². The van der Waals surface area contributed by atoms with E-state index in [1.807, 2.05) is 25.1 Å². The molecule has 6 heteroatoms. The molecule has 0 atom stereocenters. The van der Waals surface area contributed by atoms with Gasteiger partial charge in [0, 0.05) is 5.69 Å². The zero-order valence-corrected chi connectivity index (χ0v) is 12.8. The number of benzene rings is 2. The summed E-state index contributed by atoms with van der Waals surface area (Å²) in [4.78, 5) is 11.9. The second-order valence-electron chi connectivity index (χ2n) is 4.51. The summed E-state index contributed by atoms with van der Waals surface area (Å²) in [5.74, 6) is 0.268. The standard InChI is InChI=1S/C15H14Cl2N2O2/c1-9-3-2-4-11(5-9)21-8-14(20)19-15-12(16)6-10(18)7-13(15)17/h2-7H,8,18H2,1H3,(H,19,20). The van der Waals surface area contributed by atoms with Gasteiger partial charge in [-0.3, -0.25) is 4.79 Å². The van der Waals surface area contributed by atoms with Crippen molar-refractivity contribution in [3.05, 3.63) is 52.0 Å². The molecule has 2 rings (SSSR count). The Balaban J connectivity index is 1.99. The van der Waals surface area contributed by atoms with Crippen LogP contribution in [0.5, 0.6) is 5.75 Å². The lowest BCUT2D eigenvalue weighted by Crippen LogP contribution is -2.20. The highest BCUT2D eigenvalue weighted by Gasteiger charge is 2.11. The molecule has 4 nitrogen and oxygen atoms in total. The maximum Gasteiger partial charge on any atom is 0.262 e. The van der Waals surface area contributed by atoms with Crippen LogP contribution in [0, 0.1) is 6.92 Å². The fourth-order valence-electron chi connectivity index (χ4n) is 1.74. The number of ether oxygens (including phenoxy) is 1. The molecule has 2 aromatic carbocycles. The molecule has 0 spiro atoms. The van der Waals surface area contributed by atoms with Crippen molar-refractivity contribution in [3.8, 4) is 5.75 Å². The number of nitrogens with one attached hydrogen (secondary N) is 1. The Bertz CT molecular complexity index is 651. The lowest BCUT2D eigenvalue weighted by molar-refractivity contribution is -0.118. The van der Waals surface area contributed by atoms with Gasteiger partial charge >= 0.3 is 0 Å². The van der Waals surface area contributed by atoms with Gasteiger partial charge in [-0.25, -0.2) is 0 Å². The van der Waals surface area contributed by atoms with Crippen molar-refractivity contribution in [2.75, 3.05) is 17.7 Å². The summed E-state index contributed by atoms with van der Waals surface area (Å²) in [5, 5.41) is 3.17. The molecule has 0 saturated heterocycles. The van der Waals surface area contributed by atoms with Gasteiger partial charge in [0.15, 0.2) is 6.61 Å². The fourth-order valence-corrected chi connectivity index (χ4v) is 2.34. The molecular weight excluding hydrogens is 311 g/mol. The largest absolute Gasteiger partial charge is 0.484 e. The molecule has 110 valence electrons. The summed E-state index contributed by atoms with van der Waals surface area (Å²) in [6.07, 6.45) is 0. The van der Waals surface area contributed by atoms with Crippen molar-refractivity contribution in [2.24, 2.45) is 0 Å². The van der Waals surface area contributed by atoms with Crippen molar-refractivity contribution in [3.63, 3.8) is 0 Å². The SMILES string of the molecule is Cc1cccc(OCC(=O)Nc2c(Cl)cc(N)cc2Cl)c1. The highest BCUT2D eigenvalue weighted by Crippen LogP contribution is 2.32. The van der Waals surface area contributed by atoms with Crippen LogP contribution in [0.25, 0.3) is 0 Å². The molecule has 0 fully saturated rings. The average molecular weight is 325 g/mol. The van der Waals surface area contributed by atoms with Gasteiger partial charge in [0.2, 0.25) is 0 Å². The first-order valence-electron chi connectivity index (χ1n) is 6.19. The van der Waals surface area contributed by atoms with Crippen LogP contribution in [0.4, 0.5) is 11.4 Å². The Labute approximate surface area is 132 Å². The number of aryl methyl sites for hydroxylation is 1. The minimum absolute atomic E-state index is 0.138. The monoisotopic (exact) mass is 324 g/mol. The number of carbonyl (C=O) groups excluding carboxylic acids is 1. The van der Waals surface area contributed by atoms with Gasteiger partial charge in [-0.15, -0.1) is 0 Å². The van der Waals surface area contributed by atoms with Gasteiger partial charge < -0.3 is 15.8 Å². The van der Waals surface area contributed by atoms with Crippen molar-refractivity contribution in [2.45, 2.75) is 6.92 Å². The normalized spacial score (nSPS) is 10.2. The number of rotatable bonds is 4. The third kappa shape index (κ3) is 4.28. The molecule has 0 radical (unpaired) electrons. The molecular formula is C15H14Cl2N2O2. The number of carbonyl (C=O) groups is 1. The first-order valence-corrected chi connectivity index (χ1v) is 6.95. The van der Waals surface area contributed by atoms with Crippen molar-refractivity contribution in [1.29, 1.82) is 0 Å². The van der Waals surface area contributed by atoms with Crippen LogP contribution in [0.15, 0.2) is 36.4 Å². The molecule has 0 aliphatic rings. The first-order chi connectivity index (χ1) is 9.95. The summed E-state index contributed by atoms with van der Waals surface area (Å²) in [7, 11) is 0. The van der Waals surface area contributed by atoms with Gasteiger partial charge in [-0.1, -0.05) is 35.3 Å². The van der Waals surface area contributed by atoms with E-state index in [1.54, 1.807) is 6.07 Å². The van der Waals surface area contributed by atoms with E-state index in [1.165, 1.54) is 12.1 Å². The number of halogens is 2. The van der Waals surface area contributed by atoms with Crippen LogP contribution in [0.3, 0.4) is 0 Å². The van der Waals surface area contributed by atoms with Gasteiger partial charge in [-0.2, -0.15) is 0 Å². The predicted molar refractivity (Wildman–Crippen MR) is 86.2 cm³/mol. The van der Waals surface area contributed by atoms with Gasteiger partial charge in [0.1, 0.15) is 5.75 Å². The minimum atomic E-state index is -0.356. The van der Waals surface area contributed by atoms with Crippen LogP contribution >= 0.6 is 23.2 Å². The number of hydrogen-bond acceptors (Lipinski definition) is 3. The third-order valence-electron chi connectivity index (χ3n) is 2.69. The summed E-state index contributed by atoms with van der Waals surface area (Å²) in [6, 6.07) is 10.5. The summed E-state index contributed by atoms with van der Waals surface area (Å²) in [6.45, 7) is 1.81. The van der Waals surface area contributed by atoms with Crippen LogP contribution in [-0.2, 0) is 4.79 Å². The van der Waals surface area contributed by atoms with Gasteiger partial charge in [0.05, 0.1) is 15.7 Å². The lowest BCUT2D eigenvalue weighted by atomic mass is 10.2. The molecule has 0 unspecified atom stereocenters. The molecule has 3 N–H and O–H groups in total. The Morgan fingerprint density at radius 3 is 2.52 bits per heavy atom. The van der Waals surface area contributed by atoms with E-state index >= 15 is 0 Å². The molecule has 0 aliphatic heterocycles. The highest BCUT2D eigenvalue weighted by molar-refractivity contribution is 6.40. The van der Waals surface area contributed by atoms with Crippen molar-refractivity contribution < 1.29 is 9.53 Å². The van der Waals surface area contributed by atoms with E-state index in [2.05, 4.69) is 5.32 Å². The smallest absolute Gasteiger partial charge is 0.262 e. The zero-order valence-electron chi connectivity index (χ0n) is 11.3. The molecule has 21 heavy (non-hydrogen) atoms. The Kier molecular flexibility index (Phi) is 4.94. The second-order valence-corrected chi connectivity index (χ2v) is 5.33. The maximum atomic E-state index is 11.9. The molecule has 0 saturated carbocycles. The fraction of sp³-hybridized carbons (Fsp3) is 0.133. The van der Waals surface area contributed by atoms with Gasteiger partial charge in [-0.05, 0) is 36.8 Å². The van der Waals surface area contributed by atoms with Crippen LogP contribution < -0.4 is 15.8 Å². The number of nitrogen functional groups attached to an aromatic ring is 1. The van der Waals surface area contributed by atoms with Gasteiger partial charge in [0.25, 0.3) is 5.91 Å². The third-order valence-corrected chi connectivity index (χ3v) is 3.28. The summed E-state index contributed by atoms with van der Waals surface area (Å²) < 4.78 is 5.40. The lowest BCUT2D eigenvalue weighted by Gasteiger charge is -2.11. The van der Waals surface area contributed by atoms with E-state index in [9.17, 15) is 4.79 Å². The van der Waals surface area contributed by atoms with Crippen LogP contribution in [-0.4, -0.2) is 12.5 Å². The first kappa shape index (κ1) is 15.5. The predicted octanol–water partition coefficient (Wildman–Crippen LogP) is 3.90. The highest BCUT2D eigenvalue weighted by atomic mass is 35.5. The number of anilines is 2. The summed E-state index contributed by atoms with van der Waals surface area (Å²) >= 11 is 12.0. The topological polar surface area (TPSA) is 64.3 Å². The summed E-state index contributed by atoms with van der Waals surface area (Å²) in [5.41, 5.74) is 7.41. The van der Waals surface area contributed by atoms with E-state index in [4.69, 9.17) is 33.7 Å². The number of hydrogen-bond donors (Lipinski definition) is 2. The number of nitrogens with two attached hydrogens (primary N) is 1. The maximum absolute atomic E-state index is 11.9. The minimum Gasteiger partial charge on any atom is -0.484 e. The van der Waals surface area contributed by atoms with E-state index in [0.29, 0.717) is 17.1 Å².